The smallest absolute Gasteiger partial charge is 0.419 e. The lowest BCUT2D eigenvalue weighted by atomic mass is 10.0. The SMILES string of the molecule is [2H][C@](C)(N[S+]([O-])C(C)(C)C)c1cccc(C(F)(F)F)c1F. The van der Waals surface area contributed by atoms with Crippen LogP contribution in [-0.4, -0.2) is 9.30 Å². The van der Waals surface area contributed by atoms with E-state index >= 15 is 0 Å². The molecule has 0 aliphatic carbocycles. The van der Waals surface area contributed by atoms with Crippen LogP contribution in [0.1, 0.15) is 46.2 Å². The Morgan fingerprint density at radius 3 is 2.30 bits per heavy atom. The number of rotatable bonds is 3. The largest absolute Gasteiger partial charge is 0.598 e. The molecular formula is C13H17F4NOS. The van der Waals surface area contributed by atoms with Gasteiger partial charge in [0, 0.05) is 16.9 Å². The van der Waals surface area contributed by atoms with Gasteiger partial charge in [-0.3, -0.25) is 0 Å². The van der Waals surface area contributed by atoms with Crippen molar-refractivity contribution in [2.75, 3.05) is 0 Å². The van der Waals surface area contributed by atoms with E-state index in [-0.39, 0.29) is 0 Å². The molecule has 0 saturated carbocycles. The average molecular weight is 312 g/mol. The van der Waals surface area contributed by atoms with Gasteiger partial charge in [0.1, 0.15) is 10.6 Å². The lowest BCUT2D eigenvalue weighted by Gasteiger charge is -2.27. The minimum absolute atomic E-state index is 0.505. The predicted octanol–water partition coefficient (Wildman–Crippen LogP) is 3.96. The molecule has 0 spiro atoms. The molecule has 7 heteroatoms. The van der Waals surface area contributed by atoms with Crippen LogP contribution in [0, 0.1) is 5.82 Å². The van der Waals surface area contributed by atoms with Gasteiger partial charge < -0.3 is 4.55 Å². The van der Waals surface area contributed by atoms with Crippen LogP contribution in [0.4, 0.5) is 17.6 Å². The van der Waals surface area contributed by atoms with E-state index in [9.17, 15) is 22.1 Å². The summed E-state index contributed by atoms with van der Waals surface area (Å²) < 4.78 is 73.7. The molecule has 20 heavy (non-hydrogen) atoms. The number of hydrogen-bond acceptors (Lipinski definition) is 2. The molecule has 0 aromatic heterocycles. The zero-order valence-corrected chi connectivity index (χ0v) is 12.4. The minimum atomic E-state index is -4.85. The molecule has 1 aromatic carbocycles. The Morgan fingerprint density at radius 2 is 1.85 bits per heavy atom. The summed E-state index contributed by atoms with van der Waals surface area (Å²) in [5.74, 6) is -1.53. The maximum Gasteiger partial charge on any atom is 0.419 e. The number of hydrogen-bond donors (Lipinski definition) is 1. The van der Waals surface area contributed by atoms with Crippen molar-refractivity contribution < 1.29 is 23.5 Å². The van der Waals surface area contributed by atoms with Gasteiger partial charge in [0.2, 0.25) is 0 Å². The zero-order valence-electron chi connectivity index (χ0n) is 12.6. The van der Waals surface area contributed by atoms with E-state index in [1.165, 1.54) is 0 Å². The Labute approximate surface area is 120 Å². The number of benzene rings is 1. The minimum Gasteiger partial charge on any atom is -0.598 e. The molecule has 0 saturated heterocycles. The Hall–Kier alpha value is -0.790. The number of halogens is 4. The first kappa shape index (κ1) is 15.6. The van der Waals surface area contributed by atoms with Crippen molar-refractivity contribution in [3.8, 4) is 0 Å². The van der Waals surface area contributed by atoms with Crippen LogP contribution in [-0.2, 0) is 17.5 Å². The van der Waals surface area contributed by atoms with Crippen LogP contribution in [0.3, 0.4) is 0 Å². The number of alkyl halides is 3. The van der Waals surface area contributed by atoms with Gasteiger partial charge in [-0.1, -0.05) is 12.1 Å². The third-order valence-corrected chi connectivity index (χ3v) is 4.11. The highest BCUT2D eigenvalue weighted by Gasteiger charge is 2.36. The molecule has 1 rings (SSSR count). The summed E-state index contributed by atoms with van der Waals surface area (Å²) >= 11 is -1.73. The summed E-state index contributed by atoms with van der Waals surface area (Å²) in [5.41, 5.74) is -1.95. The summed E-state index contributed by atoms with van der Waals surface area (Å²) in [6, 6.07) is 0.749. The first-order chi connectivity index (χ1) is 9.27. The monoisotopic (exact) mass is 312 g/mol. The Kier molecular flexibility index (Phi) is 4.61. The highest BCUT2D eigenvalue weighted by atomic mass is 32.2. The average Bonchev–Trinajstić information content (AvgIpc) is 2.25. The van der Waals surface area contributed by atoms with Crippen LogP contribution in [0.5, 0.6) is 0 Å². The molecule has 1 N–H and O–H groups in total. The van der Waals surface area contributed by atoms with Crippen LogP contribution in [0.15, 0.2) is 18.2 Å². The maximum atomic E-state index is 14.0. The van der Waals surface area contributed by atoms with E-state index in [4.69, 9.17) is 1.37 Å². The standard InChI is InChI=1S/C13H17F4NOS/c1-8(18-20(19)12(2,3)4)9-6-5-7-10(11(9)14)13(15,16)17/h5-8,18H,1-4H3/t8-,20?/m1/s1/i8D. The molecule has 0 bridgehead atoms. The van der Waals surface area contributed by atoms with Crippen LogP contribution < -0.4 is 4.72 Å². The molecule has 0 fully saturated rings. The number of nitrogens with one attached hydrogen (secondary N) is 1. The quantitative estimate of drug-likeness (QED) is 0.677. The van der Waals surface area contributed by atoms with Crippen molar-refractivity contribution in [2.24, 2.45) is 0 Å². The van der Waals surface area contributed by atoms with E-state index in [1.54, 1.807) is 20.8 Å². The Balaban J connectivity index is 3.21. The Morgan fingerprint density at radius 1 is 1.30 bits per heavy atom. The highest BCUT2D eigenvalue weighted by molar-refractivity contribution is 7.90. The van der Waals surface area contributed by atoms with Crippen LogP contribution >= 0.6 is 0 Å². The fourth-order valence-electron chi connectivity index (χ4n) is 1.39. The van der Waals surface area contributed by atoms with E-state index in [2.05, 4.69) is 4.72 Å². The topological polar surface area (TPSA) is 35.1 Å². The molecule has 114 valence electrons. The van der Waals surface area contributed by atoms with Gasteiger partial charge in [0.15, 0.2) is 0 Å². The van der Waals surface area contributed by atoms with Gasteiger partial charge in [-0.25, -0.2) is 4.39 Å². The summed E-state index contributed by atoms with van der Waals surface area (Å²) in [7, 11) is 0. The van der Waals surface area contributed by atoms with E-state index < -0.39 is 45.2 Å². The lowest BCUT2D eigenvalue weighted by Crippen LogP contribution is -2.40. The third-order valence-electron chi connectivity index (χ3n) is 2.51. The lowest BCUT2D eigenvalue weighted by molar-refractivity contribution is -0.140. The molecule has 0 radical (unpaired) electrons. The van der Waals surface area contributed by atoms with Gasteiger partial charge in [-0.2, -0.15) is 13.2 Å². The van der Waals surface area contributed by atoms with Gasteiger partial charge in [-0.15, -0.1) is 4.72 Å². The fourth-order valence-corrected chi connectivity index (χ4v) is 2.08. The molecule has 2 nitrogen and oxygen atoms in total. The third kappa shape index (κ3) is 4.10. The van der Waals surface area contributed by atoms with Gasteiger partial charge in [0.05, 0.1) is 13.0 Å². The normalized spacial score (nSPS) is 18.4. The fraction of sp³-hybridized carbons (Fsp3) is 0.538. The molecule has 0 aliphatic heterocycles. The first-order valence-electron chi connectivity index (χ1n) is 6.32. The second kappa shape index (κ2) is 5.91. The molecule has 0 aliphatic rings. The first-order valence-corrected chi connectivity index (χ1v) is 6.97. The molecule has 1 aromatic rings. The van der Waals surface area contributed by atoms with Crippen LogP contribution in [0.2, 0.25) is 0 Å². The van der Waals surface area contributed by atoms with Crippen molar-refractivity contribution in [1.82, 2.24) is 4.72 Å². The van der Waals surface area contributed by atoms with Crippen molar-refractivity contribution in [3.05, 3.63) is 35.1 Å². The summed E-state index contributed by atoms with van der Waals surface area (Å²) in [6.45, 7) is 6.06. The zero-order chi connectivity index (χ0) is 16.6. The molecule has 2 atom stereocenters. The second-order valence-electron chi connectivity index (χ2n) is 5.27. The van der Waals surface area contributed by atoms with E-state index in [1.807, 2.05) is 0 Å². The molecule has 0 heterocycles. The van der Waals surface area contributed by atoms with Crippen molar-refractivity contribution in [2.45, 2.75) is 44.6 Å². The summed E-state index contributed by atoms with van der Waals surface area (Å²) in [6.07, 6.45) is -4.85. The maximum absolute atomic E-state index is 14.0. The Bertz CT molecular complexity index is 514. The van der Waals surface area contributed by atoms with Gasteiger partial charge in [0.25, 0.3) is 0 Å². The van der Waals surface area contributed by atoms with E-state index in [0.717, 1.165) is 19.1 Å². The second-order valence-corrected chi connectivity index (χ2v) is 7.24. The van der Waals surface area contributed by atoms with Gasteiger partial charge >= 0.3 is 6.18 Å². The highest BCUT2D eigenvalue weighted by Crippen LogP contribution is 2.34. The van der Waals surface area contributed by atoms with Crippen molar-refractivity contribution in [3.63, 3.8) is 0 Å². The van der Waals surface area contributed by atoms with Crippen molar-refractivity contribution in [1.29, 1.82) is 0 Å². The van der Waals surface area contributed by atoms with Crippen molar-refractivity contribution >= 4 is 11.4 Å². The predicted molar refractivity (Wildman–Crippen MR) is 70.8 cm³/mol. The van der Waals surface area contributed by atoms with Crippen LogP contribution in [0.25, 0.3) is 0 Å². The molecule has 1 unspecified atom stereocenters. The summed E-state index contributed by atoms with van der Waals surface area (Å²) in [4.78, 5) is 0. The molecular weight excluding hydrogens is 294 g/mol. The molecule has 0 amide bonds. The summed E-state index contributed by atoms with van der Waals surface area (Å²) in [5, 5.41) is 0. The van der Waals surface area contributed by atoms with Gasteiger partial charge in [-0.05, 0) is 33.8 Å². The van der Waals surface area contributed by atoms with E-state index in [0.29, 0.717) is 6.07 Å².